The van der Waals surface area contributed by atoms with Gasteiger partial charge in [0.15, 0.2) is 0 Å². The molecule has 2 aromatic rings. The summed E-state index contributed by atoms with van der Waals surface area (Å²) in [7, 11) is 0. The minimum atomic E-state index is -0.0433. The molecule has 0 unspecified atom stereocenters. The van der Waals surface area contributed by atoms with Crippen LogP contribution in [0.25, 0.3) is 11.3 Å². The Morgan fingerprint density at radius 2 is 2.18 bits per heavy atom. The number of ether oxygens (including phenoxy) is 1. The van der Waals surface area contributed by atoms with E-state index in [-0.39, 0.29) is 5.91 Å². The van der Waals surface area contributed by atoms with Crippen LogP contribution in [0.2, 0.25) is 0 Å². The summed E-state index contributed by atoms with van der Waals surface area (Å²) in [4.78, 5) is 12.3. The van der Waals surface area contributed by atoms with Crippen molar-refractivity contribution in [3.8, 4) is 17.1 Å². The van der Waals surface area contributed by atoms with Crippen LogP contribution in [0.1, 0.15) is 22.3 Å². The van der Waals surface area contributed by atoms with Gasteiger partial charge in [0.1, 0.15) is 6.61 Å². The number of fused-ring (bicyclic) bond motifs is 3. The smallest absolute Gasteiger partial charge is 0.251 e. The molecule has 0 saturated heterocycles. The van der Waals surface area contributed by atoms with E-state index in [2.05, 4.69) is 17.0 Å². The highest BCUT2D eigenvalue weighted by Crippen LogP contribution is 2.33. The first-order valence-corrected chi connectivity index (χ1v) is 7.41. The average Bonchev–Trinajstić information content (AvgIpc) is 2.87. The molecule has 1 N–H and O–H groups in total. The molecule has 1 amide bonds. The second-order valence-corrected chi connectivity index (χ2v) is 5.26. The first-order valence-electron chi connectivity index (χ1n) is 7.41. The van der Waals surface area contributed by atoms with E-state index >= 15 is 0 Å². The summed E-state index contributed by atoms with van der Waals surface area (Å²) < 4.78 is 7.58. The van der Waals surface area contributed by atoms with Gasteiger partial charge in [0.25, 0.3) is 5.91 Å². The van der Waals surface area contributed by atoms with Crippen LogP contribution in [0.5, 0.6) is 5.88 Å². The van der Waals surface area contributed by atoms with Crippen LogP contribution in [0.3, 0.4) is 0 Å². The van der Waals surface area contributed by atoms with Gasteiger partial charge in [-0.05, 0) is 19.4 Å². The molecule has 0 saturated carbocycles. The number of amides is 1. The molecule has 2 heterocycles. The van der Waals surface area contributed by atoms with E-state index in [0.717, 1.165) is 29.8 Å². The van der Waals surface area contributed by atoms with Gasteiger partial charge >= 0.3 is 0 Å². The summed E-state index contributed by atoms with van der Waals surface area (Å²) >= 11 is 0. The number of carbonyl (C=O) groups is 1. The molecular weight excluding hydrogens is 278 g/mol. The Morgan fingerprint density at radius 3 is 2.95 bits per heavy atom. The van der Waals surface area contributed by atoms with Gasteiger partial charge in [0.05, 0.1) is 5.69 Å². The topological polar surface area (TPSA) is 56.2 Å². The lowest BCUT2D eigenvalue weighted by molar-refractivity contribution is 0.0954. The second-order valence-electron chi connectivity index (χ2n) is 5.26. The van der Waals surface area contributed by atoms with Gasteiger partial charge in [0, 0.05) is 29.8 Å². The number of rotatable bonds is 3. The fourth-order valence-electron chi connectivity index (χ4n) is 2.72. The third-order valence-electron chi connectivity index (χ3n) is 3.74. The Hall–Kier alpha value is -2.56. The molecule has 0 atom stereocenters. The van der Waals surface area contributed by atoms with Crippen LogP contribution in [0.15, 0.2) is 36.9 Å². The van der Waals surface area contributed by atoms with E-state index in [1.165, 1.54) is 0 Å². The SMILES string of the molecule is C=CCOc1nn2c(c1C)-c1ccccc1C(=O)NCCC2. The van der Waals surface area contributed by atoms with Crippen molar-refractivity contribution in [3.05, 3.63) is 48.0 Å². The van der Waals surface area contributed by atoms with Gasteiger partial charge in [0.2, 0.25) is 5.88 Å². The number of carbonyl (C=O) groups excluding carboxylic acids is 1. The van der Waals surface area contributed by atoms with E-state index < -0.39 is 0 Å². The van der Waals surface area contributed by atoms with Crippen LogP contribution >= 0.6 is 0 Å². The average molecular weight is 297 g/mol. The molecule has 3 rings (SSSR count). The van der Waals surface area contributed by atoms with Gasteiger partial charge in [-0.3, -0.25) is 9.48 Å². The Bertz CT molecular complexity index is 719. The molecule has 0 radical (unpaired) electrons. The molecule has 1 aromatic heterocycles. The molecule has 1 aromatic carbocycles. The fourth-order valence-corrected chi connectivity index (χ4v) is 2.72. The minimum Gasteiger partial charge on any atom is -0.472 e. The lowest BCUT2D eigenvalue weighted by atomic mass is 10.0. The normalized spacial score (nSPS) is 14.0. The zero-order valence-electron chi connectivity index (χ0n) is 12.6. The van der Waals surface area contributed by atoms with Crippen molar-refractivity contribution in [2.24, 2.45) is 0 Å². The first kappa shape index (κ1) is 14.4. The van der Waals surface area contributed by atoms with Crippen LogP contribution in [-0.4, -0.2) is 28.8 Å². The quantitative estimate of drug-likeness (QED) is 0.886. The number of aryl methyl sites for hydroxylation is 1. The molecule has 0 aliphatic carbocycles. The molecular formula is C17H19N3O2. The third-order valence-corrected chi connectivity index (χ3v) is 3.74. The maximum Gasteiger partial charge on any atom is 0.251 e. The Labute approximate surface area is 129 Å². The van der Waals surface area contributed by atoms with Crippen LogP contribution in [0.4, 0.5) is 0 Å². The number of hydrogen-bond donors (Lipinski definition) is 1. The van der Waals surface area contributed by atoms with Crippen molar-refractivity contribution in [2.75, 3.05) is 13.2 Å². The summed E-state index contributed by atoms with van der Waals surface area (Å²) in [5.74, 6) is 0.559. The highest BCUT2D eigenvalue weighted by molar-refractivity contribution is 6.01. The van der Waals surface area contributed by atoms with Gasteiger partial charge < -0.3 is 10.1 Å². The Kier molecular flexibility index (Phi) is 3.96. The molecule has 0 fully saturated rings. The number of aromatic nitrogens is 2. The predicted molar refractivity (Wildman–Crippen MR) is 85.0 cm³/mol. The van der Waals surface area contributed by atoms with Crippen molar-refractivity contribution in [2.45, 2.75) is 19.9 Å². The monoisotopic (exact) mass is 297 g/mol. The minimum absolute atomic E-state index is 0.0433. The first-order chi connectivity index (χ1) is 10.7. The van der Waals surface area contributed by atoms with Crippen molar-refractivity contribution < 1.29 is 9.53 Å². The van der Waals surface area contributed by atoms with Gasteiger partial charge in [-0.15, -0.1) is 5.10 Å². The molecule has 5 heteroatoms. The molecule has 1 aliphatic heterocycles. The number of benzene rings is 1. The lowest BCUT2D eigenvalue weighted by Crippen LogP contribution is -2.24. The standard InChI is InChI=1S/C17H19N3O2/c1-3-11-22-17-12(2)15-13-7-4-5-8-14(13)16(21)18-9-6-10-20(15)19-17/h3-5,7-8H,1,6,9-11H2,2H3,(H,18,21). The van der Waals surface area contributed by atoms with E-state index in [1.807, 2.05) is 35.9 Å². The molecule has 5 nitrogen and oxygen atoms in total. The van der Waals surface area contributed by atoms with Crippen molar-refractivity contribution in [1.82, 2.24) is 15.1 Å². The summed E-state index contributed by atoms with van der Waals surface area (Å²) in [6.45, 7) is 7.43. The molecule has 0 bridgehead atoms. The van der Waals surface area contributed by atoms with E-state index in [9.17, 15) is 4.79 Å². The van der Waals surface area contributed by atoms with Gasteiger partial charge in [-0.25, -0.2) is 0 Å². The third kappa shape index (κ3) is 2.50. The summed E-state index contributed by atoms with van der Waals surface area (Å²) in [6, 6.07) is 7.61. The predicted octanol–water partition coefficient (Wildman–Crippen LogP) is 2.56. The largest absolute Gasteiger partial charge is 0.472 e. The molecule has 1 aliphatic rings. The van der Waals surface area contributed by atoms with Crippen LogP contribution in [-0.2, 0) is 6.54 Å². The maximum absolute atomic E-state index is 12.3. The number of nitrogens with zero attached hydrogens (tertiary/aromatic N) is 2. The molecule has 0 spiro atoms. The van der Waals surface area contributed by atoms with E-state index in [0.29, 0.717) is 24.6 Å². The summed E-state index contributed by atoms with van der Waals surface area (Å²) in [5.41, 5.74) is 3.46. The van der Waals surface area contributed by atoms with Crippen LogP contribution in [0, 0.1) is 6.92 Å². The summed E-state index contributed by atoms with van der Waals surface area (Å²) in [6.07, 6.45) is 2.53. The lowest BCUT2D eigenvalue weighted by Gasteiger charge is -2.09. The van der Waals surface area contributed by atoms with E-state index in [1.54, 1.807) is 6.08 Å². The summed E-state index contributed by atoms with van der Waals surface area (Å²) in [5, 5.41) is 7.51. The van der Waals surface area contributed by atoms with Crippen molar-refractivity contribution in [1.29, 1.82) is 0 Å². The Balaban J connectivity index is 2.17. The Morgan fingerprint density at radius 1 is 1.41 bits per heavy atom. The molecule has 22 heavy (non-hydrogen) atoms. The second kappa shape index (κ2) is 6.05. The van der Waals surface area contributed by atoms with Gasteiger partial charge in [-0.1, -0.05) is 30.9 Å². The maximum atomic E-state index is 12.3. The zero-order valence-corrected chi connectivity index (χ0v) is 12.6. The number of hydrogen-bond acceptors (Lipinski definition) is 3. The van der Waals surface area contributed by atoms with Crippen molar-refractivity contribution in [3.63, 3.8) is 0 Å². The van der Waals surface area contributed by atoms with Crippen molar-refractivity contribution >= 4 is 5.91 Å². The van der Waals surface area contributed by atoms with Gasteiger partial charge in [-0.2, -0.15) is 0 Å². The van der Waals surface area contributed by atoms with E-state index in [4.69, 9.17) is 4.74 Å². The van der Waals surface area contributed by atoms with Crippen LogP contribution < -0.4 is 10.1 Å². The highest BCUT2D eigenvalue weighted by atomic mass is 16.5. The highest BCUT2D eigenvalue weighted by Gasteiger charge is 2.22. The fraction of sp³-hybridized carbons (Fsp3) is 0.294. The number of nitrogens with one attached hydrogen (secondary N) is 1. The molecule has 114 valence electrons. The zero-order chi connectivity index (χ0) is 15.5.